The van der Waals surface area contributed by atoms with Gasteiger partial charge in [-0.15, -0.1) is 0 Å². The van der Waals surface area contributed by atoms with Gasteiger partial charge < -0.3 is 4.90 Å². The second-order valence-electron chi connectivity index (χ2n) is 17.0. The first-order valence-corrected chi connectivity index (χ1v) is 24.6. The van der Waals surface area contributed by atoms with Gasteiger partial charge in [0.1, 0.15) is 0 Å². The lowest BCUT2D eigenvalue weighted by Crippen LogP contribution is -2.27. The van der Waals surface area contributed by atoms with Crippen molar-refractivity contribution in [2.75, 3.05) is 19.6 Å². The zero-order chi connectivity index (χ0) is 36.1. The van der Waals surface area contributed by atoms with Gasteiger partial charge in [-0.3, -0.25) is 0 Å². The highest BCUT2D eigenvalue weighted by molar-refractivity contribution is 4.61. The second-order valence-corrected chi connectivity index (χ2v) is 17.0. The molecule has 0 aliphatic heterocycles. The highest BCUT2D eigenvalue weighted by atomic mass is 15.1. The molecule has 0 spiro atoms. The predicted octanol–water partition coefficient (Wildman–Crippen LogP) is 18.1. The molecule has 0 aliphatic carbocycles. The minimum Gasteiger partial charge on any atom is -0.303 e. The molecule has 0 saturated carbocycles. The van der Waals surface area contributed by atoms with E-state index in [4.69, 9.17) is 0 Å². The smallest absolute Gasteiger partial charge is 0.00187 e. The highest BCUT2D eigenvalue weighted by Crippen LogP contribution is 2.17. The van der Waals surface area contributed by atoms with E-state index in [1.807, 2.05) is 0 Å². The van der Waals surface area contributed by atoms with Crippen LogP contribution in [-0.2, 0) is 0 Å². The standard InChI is InChI=1S/C49H101N/c1-4-7-10-13-16-19-22-24-26-28-30-33-36-39-42-45-48-50(47-44-41-38-35-32-21-18-15-12-9-6-3)49-46-43-40-37-34-31-29-27-25-23-20-17-14-11-8-5-2/h4-49H2,1-3H3. The van der Waals surface area contributed by atoms with Crippen LogP contribution in [0.2, 0.25) is 0 Å². The van der Waals surface area contributed by atoms with Gasteiger partial charge in [0.15, 0.2) is 0 Å². The zero-order valence-electron chi connectivity index (χ0n) is 36.0. The van der Waals surface area contributed by atoms with E-state index in [-0.39, 0.29) is 0 Å². The molecule has 0 aliphatic rings. The molecule has 0 saturated heterocycles. The molecule has 50 heavy (non-hydrogen) atoms. The van der Waals surface area contributed by atoms with Crippen molar-refractivity contribution in [2.24, 2.45) is 0 Å². The van der Waals surface area contributed by atoms with E-state index in [1.165, 1.54) is 296 Å². The van der Waals surface area contributed by atoms with Crippen LogP contribution in [0.5, 0.6) is 0 Å². The lowest BCUT2D eigenvalue weighted by atomic mass is 10.0. The van der Waals surface area contributed by atoms with Gasteiger partial charge in [0.25, 0.3) is 0 Å². The lowest BCUT2D eigenvalue weighted by Gasteiger charge is -2.22. The normalized spacial score (nSPS) is 11.8. The molecule has 1 nitrogen and oxygen atoms in total. The molecule has 302 valence electrons. The average molecular weight is 704 g/mol. The van der Waals surface area contributed by atoms with E-state index >= 15 is 0 Å². The van der Waals surface area contributed by atoms with Gasteiger partial charge in [-0.1, -0.05) is 278 Å². The van der Waals surface area contributed by atoms with Gasteiger partial charge in [-0.2, -0.15) is 0 Å². The minimum atomic E-state index is 1.37. The molecule has 1 heteroatoms. The summed E-state index contributed by atoms with van der Waals surface area (Å²) in [5.74, 6) is 0. The monoisotopic (exact) mass is 704 g/mol. The van der Waals surface area contributed by atoms with Crippen molar-refractivity contribution < 1.29 is 0 Å². The van der Waals surface area contributed by atoms with Crippen molar-refractivity contribution in [2.45, 2.75) is 297 Å². The van der Waals surface area contributed by atoms with E-state index in [0.717, 1.165) is 0 Å². The molecule has 0 fully saturated rings. The molecule has 0 atom stereocenters. The molecule has 0 unspecified atom stereocenters. The third kappa shape index (κ3) is 44.1. The van der Waals surface area contributed by atoms with Crippen molar-refractivity contribution in [3.8, 4) is 0 Å². The molecule has 0 heterocycles. The maximum absolute atomic E-state index is 2.88. The van der Waals surface area contributed by atoms with Gasteiger partial charge in [0, 0.05) is 0 Å². The minimum absolute atomic E-state index is 1.37. The first-order valence-electron chi connectivity index (χ1n) is 24.6. The number of rotatable bonds is 46. The lowest BCUT2D eigenvalue weighted by molar-refractivity contribution is 0.254. The number of nitrogens with zero attached hydrogens (tertiary/aromatic N) is 1. The molecule has 0 radical (unpaired) electrons. The fourth-order valence-corrected chi connectivity index (χ4v) is 8.10. The van der Waals surface area contributed by atoms with Crippen LogP contribution >= 0.6 is 0 Å². The van der Waals surface area contributed by atoms with Crippen molar-refractivity contribution in [1.29, 1.82) is 0 Å². The van der Waals surface area contributed by atoms with Gasteiger partial charge >= 0.3 is 0 Å². The number of hydrogen-bond acceptors (Lipinski definition) is 1. The quantitative estimate of drug-likeness (QED) is 0.0571. The molecule has 0 rings (SSSR count). The summed E-state index contributed by atoms with van der Waals surface area (Å²) in [6.07, 6.45) is 63.1. The van der Waals surface area contributed by atoms with Crippen molar-refractivity contribution >= 4 is 0 Å². The summed E-state index contributed by atoms with van der Waals surface area (Å²) in [5.41, 5.74) is 0. The Kier molecular flexibility index (Phi) is 46.9. The van der Waals surface area contributed by atoms with Crippen LogP contribution in [0.3, 0.4) is 0 Å². The summed E-state index contributed by atoms with van der Waals surface area (Å²) in [7, 11) is 0. The van der Waals surface area contributed by atoms with E-state index in [0.29, 0.717) is 0 Å². The number of hydrogen-bond donors (Lipinski definition) is 0. The third-order valence-corrected chi connectivity index (χ3v) is 11.7. The van der Waals surface area contributed by atoms with Crippen LogP contribution in [-0.4, -0.2) is 24.5 Å². The van der Waals surface area contributed by atoms with E-state index in [2.05, 4.69) is 25.7 Å². The third-order valence-electron chi connectivity index (χ3n) is 11.7. The zero-order valence-corrected chi connectivity index (χ0v) is 36.0. The molecule has 0 aromatic carbocycles. The van der Waals surface area contributed by atoms with E-state index in [9.17, 15) is 0 Å². The maximum atomic E-state index is 2.88. The van der Waals surface area contributed by atoms with E-state index in [1.54, 1.807) is 0 Å². The van der Waals surface area contributed by atoms with Crippen molar-refractivity contribution in [3.63, 3.8) is 0 Å². The summed E-state index contributed by atoms with van der Waals surface area (Å²) < 4.78 is 0. The molecule has 0 amide bonds. The molecule has 0 aromatic heterocycles. The molecule has 0 N–H and O–H groups in total. The predicted molar refractivity (Wildman–Crippen MR) is 232 cm³/mol. The highest BCUT2D eigenvalue weighted by Gasteiger charge is 2.05. The van der Waals surface area contributed by atoms with Gasteiger partial charge in [-0.25, -0.2) is 0 Å². The van der Waals surface area contributed by atoms with Gasteiger partial charge in [0.2, 0.25) is 0 Å². The Morgan fingerprint density at radius 2 is 0.280 bits per heavy atom. The Labute approximate surface area is 320 Å². The topological polar surface area (TPSA) is 3.24 Å². The Hall–Kier alpha value is -0.0400. The van der Waals surface area contributed by atoms with E-state index < -0.39 is 0 Å². The first-order chi connectivity index (χ1) is 24.8. The SMILES string of the molecule is CCCCCCCCCCCCCCCCCCN(CCCCCCCCCCCCC)CCCCCCCCCCCCCCCCCC. The fourth-order valence-electron chi connectivity index (χ4n) is 8.10. The Morgan fingerprint density at radius 3 is 0.420 bits per heavy atom. The van der Waals surface area contributed by atoms with Crippen LogP contribution < -0.4 is 0 Å². The van der Waals surface area contributed by atoms with Crippen LogP contribution in [0.15, 0.2) is 0 Å². The van der Waals surface area contributed by atoms with Crippen molar-refractivity contribution in [1.82, 2.24) is 4.90 Å². The summed E-state index contributed by atoms with van der Waals surface area (Å²) in [6, 6.07) is 0. The molecular formula is C49H101N. The van der Waals surface area contributed by atoms with Crippen molar-refractivity contribution in [3.05, 3.63) is 0 Å². The summed E-state index contributed by atoms with van der Waals surface area (Å²) in [6.45, 7) is 11.1. The summed E-state index contributed by atoms with van der Waals surface area (Å²) in [4.78, 5) is 2.88. The Morgan fingerprint density at radius 1 is 0.160 bits per heavy atom. The van der Waals surface area contributed by atoms with Crippen LogP contribution in [0.4, 0.5) is 0 Å². The first kappa shape index (κ1) is 50.0. The Balaban J connectivity index is 3.89. The Bertz CT molecular complexity index is 521. The largest absolute Gasteiger partial charge is 0.303 e. The number of unbranched alkanes of at least 4 members (excludes halogenated alkanes) is 40. The maximum Gasteiger partial charge on any atom is -0.00187 e. The fraction of sp³-hybridized carbons (Fsp3) is 1.00. The molecule has 0 bridgehead atoms. The molecule has 0 aromatic rings. The van der Waals surface area contributed by atoms with Gasteiger partial charge in [-0.05, 0) is 38.9 Å². The summed E-state index contributed by atoms with van der Waals surface area (Å²) >= 11 is 0. The van der Waals surface area contributed by atoms with Crippen LogP contribution in [0, 0.1) is 0 Å². The average Bonchev–Trinajstić information content (AvgIpc) is 3.13. The van der Waals surface area contributed by atoms with Crippen LogP contribution in [0.1, 0.15) is 297 Å². The summed E-state index contributed by atoms with van der Waals surface area (Å²) in [5, 5.41) is 0. The van der Waals surface area contributed by atoms with Gasteiger partial charge in [0.05, 0.1) is 0 Å². The molecular weight excluding hydrogens is 603 g/mol. The second kappa shape index (κ2) is 47.0. The van der Waals surface area contributed by atoms with Crippen LogP contribution in [0.25, 0.3) is 0 Å².